The maximum absolute atomic E-state index is 3.48. The van der Waals surface area contributed by atoms with E-state index < -0.39 is 0 Å². The molecule has 3 unspecified atom stereocenters. The van der Waals surface area contributed by atoms with Crippen LogP contribution in [-0.4, -0.2) is 5.33 Å². The Morgan fingerprint density at radius 1 is 1.38 bits per heavy atom. The summed E-state index contributed by atoms with van der Waals surface area (Å²) in [5.41, 5.74) is 1.67. The molecule has 0 aliphatic heterocycles. The Morgan fingerprint density at radius 3 is 2.77 bits per heavy atom. The third kappa shape index (κ3) is 2.01. The fourth-order valence-corrected chi connectivity index (χ4v) is 3.46. The molecule has 2 aliphatic rings. The Labute approximate surface area is 89.9 Å². The highest BCUT2D eigenvalue weighted by Crippen LogP contribution is 2.50. The zero-order valence-corrected chi connectivity index (χ0v) is 10.0. The zero-order valence-electron chi connectivity index (χ0n) is 8.43. The van der Waals surface area contributed by atoms with Crippen molar-refractivity contribution in [3.05, 3.63) is 11.6 Å². The third-order valence-electron chi connectivity index (χ3n) is 3.90. The van der Waals surface area contributed by atoms with Crippen molar-refractivity contribution < 1.29 is 0 Å². The molecule has 74 valence electrons. The van der Waals surface area contributed by atoms with Crippen LogP contribution in [-0.2, 0) is 0 Å². The molecule has 0 spiro atoms. The Kier molecular flexibility index (Phi) is 3.13. The quantitative estimate of drug-likeness (QED) is 0.516. The van der Waals surface area contributed by atoms with Crippen molar-refractivity contribution in [2.45, 2.75) is 39.0 Å². The first kappa shape index (κ1) is 9.76. The molecule has 2 fully saturated rings. The molecular weight excluding hydrogens is 224 g/mol. The smallest absolute Gasteiger partial charge is 0.00660 e. The summed E-state index contributed by atoms with van der Waals surface area (Å²) in [7, 11) is 0. The van der Waals surface area contributed by atoms with Gasteiger partial charge in [-0.1, -0.05) is 34.0 Å². The Morgan fingerprint density at radius 2 is 2.23 bits per heavy atom. The number of rotatable bonds is 3. The van der Waals surface area contributed by atoms with Crippen LogP contribution in [0.15, 0.2) is 11.6 Å². The molecule has 0 nitrogen and oxygen atoms in total. The van der Waals surface area contributed by atoms with Crippen molar-refractivity contribution in [1.82, 2.24) is 0 Å². The summed E-state index contributed by atoms with van der Waals surface area (Å²) in [5, 5.41) is 1.12. The van der Waals surface area contributed by atoms with Gasteiger partial charge in [0.2, 0.25) is 0 Å². The second kappa shape index (κ2) is 4.16. The van der Waals surface area contributed by atoms with Gasteiger partial charge in [-0.05, 0) is 50.4 Å². The Balaban J connectivity index is 1.94. The summed E-state index contributed by atoms with van der Waals surface area (Å²) >= 11 is 3.48. The summed E-state index contributed by atoms with van der Waals surface area (Å²) < 4.78 is 0. The second-order valence-electron chi connectivity index (χ2n) is 4.71. The third-order valence-corrected chi connectivity index (χ3v) is 4.36. The SMILES string of the molecule is C/C(=C\CCBr)C1CC2CCC1C2. The number of halogens is 1. The van der Waals surface area contributed by atoms with Gasteiger partial charge in [-0.2, -0.15) is 0 Å². The number of fused-ring (bicyclic) bond motifs is 2. The lowest BCUT2D eigenvalue weighted by Crippen LogP contribution is -2.11. The first-order valence-electron chi connectivity index (χ1n) is 5.54. The molecule has 2 rings (SSSR count). The monoisotopic (exact) mass is 242 g/mol. The summed E-state index contributed by atoms with van der Waals surface area (Å²) in [6.07, 6.45) is 9.71. The highest BCUT2D eigenvalue weighted by Gasteiger charge is 2.39. The fourth-order valence-electron chi connectivity index (χ4n) is 3.24. The number of allylic oxidation sites excluding steroid dienone is 2. The van der Waals surface area contributed by atoms with Gasteiger partial charge in [0.05, 0.1) is 0 Å². The first-order valence-corrected chi connectivity index (χ1v) is 6.66. The van der Waals surface area contributed by atoms with Crippen molar-refractivity contribution >= 4 is 15.9 Å². The van der Waals surface area contributed by atoms with Gasteiger partial charge in [-0.15, -0.1) is 0 Å². The fraction of sp³-hybridized carbons (Fsp3) is 0.833. The predicted molar refractivity (Wildman–Crippen MR) is 61.1 cm³/mol. The van der Waals surface area contributed by atoms with Gasteiger partial charge in [-0.25, -0.2) is 0 Å². The van der Waals surface area contributed by atoms with Crippen molar-refractivity contribution in [3.63, 3.8) is 0 Å². The van der Waals surface area contributed by atoms with Crippen molar-refractivity contribution in [1.29, 1.82) is 0 Å². The molecule has 2 aliphatic carbocycles. The molecule has 13 heavy (non-hydrogen) atoms. The number of hydrogen-bond acceptors (Lipinski definition) is 0. The van der Waals surface area contributed by atoms with Crippen molar-refractivity contribution in [3.8, 4) is 0 Å². The summed E-state index contributed by atoms with van der Waals surface area (Å²) in [5.74, 6) is 3.09. The van der Waals surface area contributed by atoms with E-state index in [1.807, 2.05) is 0 Å². The molecular formula is C12H19Br. The first-order chi connectivity index (χ1) is 6.31. The number of hydrogen-bond donors (Lipinski definition) is 0. The minimum Gasteiger partial charge on any atom is -0.0925 e. The standard InChI is InChI=1S/C12H19Br/c1-9(3-2-6-13)12-8-10-4-5-11(12)7-10/h3,10-12H,2,4-8H2,1H3/b9-3+. The molecule has 3 atom stereocenters. The van der Waals surface area contributed by atoms with Crippen LogP contribution in [0.4, 0.5) is 0 Å². The molecule has 0 heterocycles. The summed E-state index contributed by atoms with van der Waals surface area (Å²) in [6, 6.07) is 0. The highest BCUT2D eigenvalue weighted by atomic mass is 79.9. The van der Waals surface area contributed by atoms with Crippen LogP contribution >= 0.6 is 15.9 Å². The van der Waals surface area contributed by atoms with Crippen molar-refractivity contribution in [2.24, 2.45) is 17.8 Å². The van der Waals surface area contributed by atoms with Crippen LogP contribution in [0.2, 0.25) is 0 Å². The van der Waals surface area contributed by atoms with E-state index in [4.69, 9.17) is 0 Å². The van der Waals surface area contributed by atoms with Crippen LogP contribution in [0.1, 0.15) is 39.0 Å². The highest BCUT2D eigenvalue weighted by molar-refractivity contribution is 9.09. The molecule has 0 aromatic heterocycles. The maximum Gasteiger partial charge on any atom is 0.00660 e. The van der Waals surface area contributed by atoms with Gasteiger partial charge in [0.1, 0.15) is 0 Å². The topological polar surface area (TPSA) is 0 Å². The van der Waals surface area contributed by atoms with E-state index in [2.05, 4.69) is 28.9 Å². The van der Waals surface area contributed by atoms with E-state index in [1.165, 1.54) is 32.1 Å². The Bertz CT molecular complexity index is 207. The van der Waals surface area contributed by atoms with E-state index >= 15 is 0 Å². The van der Waals surface area contributed by atoms with Crippen LogP contribution in [0, 0.1) is 17.8 Å². The second-order valence-corrected chi connectivity index (χ2v) is 5.50. The zero-order chi connectivity index (χ0) is 9.26. The maximum atomic E-state index is 3.48. The van der Waals surface area contributed by atoms with E-state index in [0.717, 1.165) is 23.1 Å². The molecule has 0 saturated heterocycles. The van der Waals surface area contributed by atoms with Gasteiger partial charge in [0.25, 0.3) is 0 Å². The average Bonchev–Trinajstić information content (AvgIpc) is 2.74. The summed E-state index contributed by atoms with van der Waals surface area (Å²) in [6.45, 7) is 2.34. The van der Waals surface area contributed by atoms with E-state index in [1.54, 1.807) is 5.57 Å². The van der Waals surface area contributed by atoms with Gasteiger partial charge >= 0.3 is 0 Å². The normalized spacial score (nSPS) is 38.6. The number of alkyl halides is 1. The molecule has 1 heteroatoms. The molecule has 0 radical (unpaired) electrons. The van der Waals surface area contributed by atoms with Gasteiger partial charge in [-0.3, -0.25) is 0 Å². The molecule has 2 saturated carbocycles. The summed E-state index contributed by atoms with van der Waals surface area (Å²) in [4.78, 5) is 0. The lowest BCUT2D eigenvalue weighted by atomic mass is 9.83. The minimum atomic E-state index is 0.956. The molecule has 0 amide bonds. The van der Waals surface area contributed by atoms with Crippen molar-refractivity contribution in [2.75, 3.05) is 5.33 Å². The van der Waals surface area contributed by atoms with E-state index in [0.29, 0.717) is 0 Å². The van der Waals surface area contributed by atoms with Gasteiger partial charge in [0.15, 0.2) is 0 Å². The average molecular weight is 243 g/mol. The van der Waals surface area contributed by atoms with Crippen LogP contribution in [0.3, 0.4) is 0 Å². The van der Waals surface area contributed by atoms with E-state index in [-0.39, 0.29) is 0 Å². The predicted octanol–water partition coefficient (Wildman–Crippen LogP) is 4.15. The van der Waals surface area contributed by atoms with E-state index in [9.17, 15) is 0 Å². The molecule has 0 aromatic carbocycles. The molecule has 2 bridgehead atoms. The minimum absolute atomic E-state index is 0.956. The lowest BCUT2D eigenvalue weighted by molar-refractivity contribution is 0.377. The van der Waals surface area contributed by atoms with Gasteiger partial charge < -0.3 is 0 Å². The largest absolute Gasteiger partial charge is 0.0925 e. The van der Waals surface area contributed by atoms with Crippen LogP contribution in [0.5, 0.6) is 0 Å². The Hall–Kier alpha value is 0.220. The van der Waals surface area contributed by atoms with Crippen LogP contribution in [0.25, 0.3) is 0 Å². The van der Waals surface area contributed by atoms with Crippen LogP contribution < -0.4 is 0 Å². The molecule has 0 aromatic rings. The lowest BCUT2D eigenvalue weighted by Gasteiger charge is -2.22. The molecule has 0 N–H and O–H groups in total. The van der Waals surface area contributed by atoms with Gasteiger partial charge in [0, 0.05) is 5.33 Å².